The molecule has 41 heavy (non-hydrogen) atoms. The molecule has 214 valence electrons. The number of carboxylic acids is 1. The van der Waals surface area contributed by atoms with Crippen LogP contribution in [0.1, 0.15) is 42.9 Å². The predicted molar refractivity (Wildman–Crippen MR) is 136 cm³/mol. The number of aliphatic hydroxyl groups excluding tert-OH is 1. The van der Waals surface area contributed by atoms with Gasteiger partial charge in [-0.3, -0.25) is 4.79 Å². The summed E-state index contributed by atoms with van der Waals surface area (Å²) in [6.07, 6.45) is -2.99. The Morgan fingerprint density at radius 3 is 2.59 bits per heavy atom. The quantitative estimate of drug-likeness (QED) is 0.286. The number of nitrogens with one attached hydrogen (secondary N) is 1. The Kier molecular flexibility index (Phi) is 6.99. The molecule has 4 aromatic rings. The number of alkyl halides is 3. The largest absolute Gasteiger partial charge is 0.491 e. The van der Waals surface area contributed by atoms with Crippen LogP contribution in [0.15, 0.2) is 57.6 Å². The van der Waals surface area contributed by atoms with E-state index in [0.29, 0.717) is 29.7 Å². The van der Waals surface area contributed by atoms with Crippen LogP contribution in [-0.4, -0.2) is 50.2 Å². The molecule has 0 amide bonds. The van der Waals surface area contributed by atoms with Gasteiger partial charge in [-0.25, -0.2) is 0 Å². The first-order chi connectivity index (χ1) is 19.7. The SMILES string of the molecule is O=C(O)[C@H]1CCC[C@H](N[C@H]2COc3cc(-c4noc(-c5onc(-c6ccccc6)c5C(F)(F)F)n4)ccc3[C@H]2O)C1. The number of halogens is 3. The van der Waals surface area contributed by atoms with Gasteiger partial charge in [0.1, 0.15) is 29.7 Å². The highest BCUT2D eigenvalue weighted by Crippen LogP contribution is 2.43. The Bertz CT molecular complexity index is 1550. The van der Waals surface area contributed by atoms with Gasteiger partial charge in [-0.05, 0) is 25.3 Å². The molecule has 1 saturated carbocycles. The molecule has 0 bridgehead atoms. The highest BCUT2D eigenvalue weighted by Gasteiger charge is 2.43. The van der Waals surface area contributed by atoms with E-state index in [-0.39, 0.29) is 29.7 Å². The van der Waals surface area contributed by atoms with Gasteiger partial charge in [0.25, 0.3) is 5.89 Å². The lowest BCUT2D eigenvalue weighted by atomic mass is 9.85. The summed E-state index contributed by atoms with van der Waals surface area (Å²) < 4.78 is 58.2. The smallest absolute Gasteiger partial charge is 0.422 e. The maximum Gasteiger partial charge on any atom is 0.422 e. The predicted octanol–water partition coefficient (Wildman–Crippen LogP) is 5.10. The first kappa shape index (κ1) is 27.0. The summed E-state index contributed by atoms with van der Waals surface area (Å²) in [5.74, 6) is -2.04. The summed E-state index contributed by atoms with van der Waals surface area (Å²) in [5.41, 5.74) is -0.391. The number of fused-ring (bicyclic) bond motifs is 1. The Balaban J connectivity index is 1.22. The summed E-state index contributed by atoms with van der Waals surface area (Å²) in [5, 5.41) is 31.2. The van der Waals surface area contributed by atoms with Crippen LogP contribution in [0.3, 0.4) is 0 Å². The lowest BCUT2D eigenvalue weighted by Crippen LogP contribution is -2.49. The standard InChI is InChI=1S/C28H25F3N4O6/c29-28(30,31)21-22(14-5-2-1-3-6-14)34-40-24(21)26-33-25(35-41-26)15-9-10-18-20(12-15)39-13-19(23(18)36)32-17-8-4-7-16(11-17)27(37)38/h1-3,5-6,9-10,12,16-17,19,23,32,36H,4,7-8,11,13H2,(H,37,38)/t16-,17-,19-,23+/m0/s1. The van der Waals surface area contributed by atoms with Crippen LogP contribution in [0.25, 0.3) is 34.3 Å². The molecule has 6 rings (SSSR count). The van der Waals surface area contributed by atoms with Crippen molar-refractivity contribution in [1.29, 1.82) is 0 Å². The number of nitrogens with zero attached hydrogens (tertiary/aromatic N) is 3. The van der Waals surface area contributed by atoms with Crippen LogP contribution in [0.4, 0.5) is 13.2 Å². The molecule has 3 N–H and O–H groups in total. The molecular formula is C28H25F3N4O6. The van der Waals surface area contributed by atoms with Gasteiger partial charge in [0.15, 0.2) is 0 Å². The Labute approximate surface area is 231 Å². The van der Waals surface area contributed by atoms with Crippen molar-refractivity contribution in [3.63, 3.8) is 0 Å². The fourth-order valence-corrected chi connectivity index (χ4v) is 5.46. The van der Waals surface area contributed by atoms with Crippen LogP contribution in [0.5, 0.6) is 5.75 Å². The highest BCUT2D eigenvalue weighted by atomic mass is 19.4. The minimum atomic E-state index is -4.80. The molecule has 3 heterocycles. The molecule has 1 aliphatic heterocycles. The monoisotopic (exact) mass is 570 g/mol. The number of aliphatic hydroxyl groups is 1. The number of ether oxygens (including phenoxy) is 1. The van der Waals surface area contributed by atoms with Crippen LogP contribution >= 0.6 is 0 Å². The molecule has 2 aromatic carbocycles. The van der Waals surface area contributed by atoms with Crippen molar-refractivity contribution >= 4 is 5.97 Å². The van der Waals surface area contributed by atoms with Gasteiger partial charge in [0.2, 0.25) is 11.6 Å². The molecule has 0 saturated heterocycles. The van der Waals surface area contributed by atoms with E-state index in [9.17, 15) is 28.2 Å². The number of carbonyl (C=O) groups is 1. The molecule has 2 aromatic heterocycles. The van der Waals surface area contributed by atoms with Gasteiger partial charge in [0, 0.05) is 22.7 Å². The first-order valence-electron chi connectivity index (χ1n) is 13.1. The first-order valence-corrected chi connectivity index (χ1v) is 13.1. The Morgan fingerprint density at radius 1 is 1.02 bits per heavy atom. The van der Waals surface area contributed by atoms with Crippen LogP contribution in [0, 0.1) is 5.92 Å². The lowest BCUT2D eigenvalue weighted by Gasteiger charge is -2.36. The summed E-state index contributed by atoms with van der Waals surface area (Å²) >= 11 is 0. The fourth-order valence-electron chi connectivity index (χ4n) is 5.46. The summed E-state index contributed by atoms with van der Waals surface area (Å²) in [7, 11) is 0. The number of carboxylic acid groups (broad SMARTS) is 1. The molecule has 10 nitrogen and oxygen atoms in total. The van der Waals surface area contributed by atoms with E-state index >= 15 is 0 Å². The van der Waals surface area contributed by atoms with Crippen molar-refractivity contribution in [3.05, 3.63) is 59.7 Å². The minimum Gasteiger partial charge on any atom is -0.491 e. The second-order valence-corrected chi connectivity index (χ2v) is 10.2. The minimum absolute atomic E-state index is 0.00570. The van der Waals surface area contributed by atoms with Gasteiger partial charge in [-0.15, -0.1) is 0 Å². The summed E-state index contributed by atoms with van der Waals surface area (Å²) in [6.45, 7) is 0.138. The maximum atomic E-state index is 14.0. The van der Waals surface area contributed by atoms with Crippen LogP contribution in [-0.2, 0) is 11.0 Å². The number of aromatic nitrogens is 3. The highest BCUT2D eigenvalue weighted by molar-refractivity contribution is 5.71. The number of benzene rings is 2. The number of aliphatic carboxylic acids is 1. The maximum absolute atomic E-state index is 14.0. The zero-order valence-electron chi connectivity index (χ0n) is 21.5. The molecule has 1 fully saturated rings. The number of rotatable bonds is 6. The van der Waals surface area contributed by atoms with Gasteiger partial charge in [-0.2, -0.15) is 18.2 Å². The summed E-state index contributed by atoms with van der Waals surface area (Å²) in [6, 6.07) is 12.1. The second kappa shape index (κ2) is 10.6. The van der Waals surface area contributed by atoms with E-state index in [2.05, 4.69) is 20.6 Å². The molecule has 0 unspecified atom stereocenters. The molecule has 1 aliphatic carbocycles. The summed E-state index contributed by atoms with van der Waals surface area (Å²) in [4.78, 5) is 15.5. The van der Waals surface area contributed by atoms with Gasteiger partial charge < -0.3 is 29.3 Å². The van der Waals surface area contributed by atoms with E-state index in [1.54, 1.807) is 36.4 Å². The van der Waals surface area contributed by atoms with E-state index in [4.69, 9.17) is 13.8 Å². The van der Waals surface area contributed by atoms with Crippen molar-refractivity contribution in [2.45, 2.75) is 50.0 Å². The molecule has 2 aliphatic rings. The van der Waals surface area contributed by atoms with Crippen molar-refractivity contribution in [2.24, 2.45) is 5.92 Å². The normalized spacial score (nSPS) is 22.6. The number of hydrogen-bond acceptors (Lipinski definition) is 9. The molecule has 4 atom stereocenters. The topological polar surface area (TPSA) is 144 Å². The van der Waals surface area contributed by atoms with E-state index in [1.165, 1.54) is 12.1 Å². The van der Waals surface area contributed by atoms with E-state index in [1.807, 2.05) is 0 Å². The Morgan fingerprint density at radius 2 is 1.83 bits per heavy atom. The van der Waals surface area contributed by atoms with E-state index < -0.39 is 47.4 Å². The molecule has 13 heteroatoms. The van der Waals surface area contributed by atoms with E-state index in [0.717, 1.165) is 12.8 Å². The molecular weight excluding hydrogens is 545 g/mol. The fraction of sp³-hybridized carbons (Fsp3) is 0.357. The molecule has 0 radical (unpaired) electrons. The third-order valence-corrected chi connectivity index (χ3v) is 7.51. The van der Waals surface area contributed by atoms with Crippen molar-refractivity contribution in [2.75, 3.05) is 6.61 Å². The third-order valence-electron chi connectivity index (χ3n) is 7.51. The zero-order valence-corrected chi connectivity index (χ0v) is 21.5. The van der Waals surface area contributed by atoms with Gasteiger partial charge in [-0.1, -0.05) is 59.2 Å². The zero-order chi connectivity index (χ0) is 28.7. The molecule has 0 spiro atoms. The average Bonchev–Trinajstić information content (AvgIpc) is 3.63. The Hall–Kier alpha value is -4.23. The third kappa shape index (κ3) is 5.30. The van der Waals surface area contributed by atoms with Crippen molar-refractivity contribution in [3.8, 4) is 40.0 Å². The van der Waals surface area contributed by atoms with Crippen LogP contribution in [0.2, 0.25) is 0 Å². The van der Waals surface area contributed by atoms with Crippen molar-refractivity contribution in [1.82, 2.24) is 20.6 Å². The number of hydrogen-bond donors (Lipinski definition) is 3. The van der Waals surface area contributed by atoms with Gasteiger partial charge >= 0.3 is 12.1 Å². The van der Waals surface area contributed by atoms with Crippen molar-refractivity contribution < 1.29 is 42.0 Å². The van der Waals surface area contributed by atoms with Crippen LogP contribution < -0.4 is 10.1 Å². The lowest BCUT2D eigenvalue weighted by molar-refractivity contribution is -0.143. The second-order valence-electron chi connectivity index (χ2n) is 10.2. The average molecular weight is 571 g/mol. The van der Waals surface area contributed by atoms with Gasteiger partial charge in [0.05, 0.1) is 12.0 Å².